The van der Waals surface area contributed by atoms with Crippen molar-refractivity contribution in [1.29, 1.82) is 0 Å². The van der Waals surface area contributed by atoms with E-state index in [9.17, 15) is 13.2 Å². The highest BCUT2D eigenvalue weighted by molar-refractivity contribution is 7.16. The summed E-state index contributed by atoms with van der Waals surface area (Å²) in [7, 11) is 0. The van der Waals surface area contributed by atoms with Gasteiger partial charge in [0.25, 0.3) is 0 Å². The Morgan fingerprint density at radius 3 is 1.26 bits per heavy atom. The maximum absolute atomic E-state index is 16.4. The molecule has 274 valence electrons. The van der Waals surface area contributed by atoms with E-state index < -0.39 is 134 Å². The van der Waals surface area contributed by atoms with Crippen molar-refractivity contribution in [3.63, 3.8) is 0 Å². The molecule has 0 fully saturated rings. The van der Waals surface area contributed by atoms with Crippen LogP contribution < -0.4 is 21.0 Å². The number of allylic oxidation sites excluding steroid dienone is 1. The van der Waals surface area contributed by atoms with E-state index in [1.165, 1.54) is 43.3 Å². The summed E-state index contributed by atoms with van der Waals surface area (Å²) in [5, 5.41) is 0. The van der Waals surface area contributed by atoms with Gasteiger partial charge in [0.1, 0.15) is 41.0 Å². The zero-order valence-corrected chi connectivity index (χ0v) is 26.4. The summed E-state index contributed by atoms with van der Waals surface area (Å²) in [4.78, 5) is 0. The molecular weight excluding hydrogens is 742 g/mol. The number of halogens is 15. The summed E-state index contributed by atoms with van der Waals surface area (Å²) in [5.74, 6) is -45.6. The number of fused-ring (bicyclic) bond motifs is 1. The zero-order valence-electron chi connectivity index (χ0n) is 26.4. The highest BCUT2D eigenvalue weighted by atomic mass is 19.2. The standard InChI is InChI=1S/C36H17BF15N/c1-3-14-8-4-5-10-16(14)36-17(12-11-15-9-6-7-13(2)53(15)36)37(18-21(38)27(44)33(50)28(45)22(18)39,19-23(40)29(46)34(51)30(47)24(19)41)20-25(42)31(48)35(52)32(49)26(20)43/h3-10H,1,11-12H2,2H3. The third-order valence-corrected chi connectivity index (χ3v) is 9.43. The second-order valence-electron chi connectivity index (χ2n) is 12.0. The van der Waals surface area contributed by atoms with E-state index in [1.807, 2.05) is 0 Å². The summed E-state index contributed by atoms with van der Waals surface area (Å²) in [5.41, 5.74) is -9.99. The van der Waals surface area contributed by atoms with Crippen LogP contribution in [-0.2, 0) is 6.42 Å². The first-order valence-corrected chi connectivity index (χ1v) is 15.1. The quantitative estimate of drug-likeness (QED) is 0.0545. The molecule has 0 N–H and O–H groups in total. The lowest BCUT2D eigenvalue weighted by molar-refractivity contribution is -0.597. The van der Waals surface area contributed by atoms with Crippen LogP contribution in [0.4, 0.5) is 65.9 Å². The molecule has 0 radical (unpaired) electrons. The molecule has 5 aromatic rings. The van der Waals surface area contributed by atoms with Crippen molar-refractivity contribution < 1.29 is 70.4 Å². The SMILES string of the molecule is C=Cc1ccccc1C1=C([B-](c2c(F)c(F)c(F)c(F)c2F)(c2c(F)c(F)c(F)c(F)c2F)c2c(F)c(F)c(F)c(F)c2F)CCc2cccc(C)[n+]21. The van der Waals surface area contributed by atoms with Gasteiger partial charge in [0.05, 0.1) is 5.56 Å². The maximum atomic E-state index is 16.4. The summed E-state index contributed by atoms with van der Waals surface area (Å²) < 4.78 is 235. The van der Waals surface area contributed by atoms with Crippen molar-refractivity contribution in [3.05, 3.63) is 164 Å². The summed E-state index contributed by atoms with van der Waals surface area (Å²) in [6, 6.07) is 9.30. The number of aryl methyl sites for hydroxylation is 2. The van der Waals surface area contributed by atoms with Gasteiger partial charge in [0.2, 0.25) is 0 Å². The fourth-order valence-corrected chi connectivity index (χ4v) is 7.28. The first kappa shape index (κ1) is 37.3. The molecule has 1 aliphatic heterocycles. The molecular formula is C36H17BF15N. The Hall–Kier alpha value is -5.48. The van der Waals surface area contributed by atoms with Gasteiger partial charge in [-0.25, -0.2) is 65.9 Å². The molecule has 0 bridgehead atoms. The zero-order chi connectivity index (χ0) is 39.0. The van der Waals surface area contributed by atoms with Crippen LogP contribution in [0, 0.1) is 94.2 Å². The lowest BCUT2D eigenvalue weighted by Gasteiger charge is -2.47. The highest BCUT2D eigenvalue weighted by Gasteiger charge is 2.52. The van der Waals surface area contributed by atoms with Gasteiger partial charge in [-0.3, -0.25) is 0 Å². The number of pyridine rings is 1. The van der Waals surface area contributed by atoms with Gasteiger partial charge in [-0.05, 0) is 17.7 Å². The molecule has 0 amide bonds. The molecule has 0 spiro atoms. The van der Waals surface area contributed by atoms with Crippen LogP contribution in [0.15, 0.2) is 54.5 Å². The van der Waals surface area contributed by atoms with E-state index in [4.69, 9.17) is 0 Å². The highest BCUT2D eigenvalue weighted by Crippen LogP contribution is 2.38. The van der Waals surface area contributed by atoms with Crippen molar-refractivity contribution in [2.24, 2.45) is 0 Å². The first-order valence-electron chi connectivity index (χ1n) is 15.1. The minimum atomic E-state index is -5.96. The normalized spacial score (nSPS) is 13.1. The first-order chi connectivity index (χ1) is 25.0. The smallest absolute Gasteiger partial charge is 0.200 e. The van der Waals surface area contributed by atoms with E-state index in [0.29, 0.717) is 0 Å². The molecule has 6 rings (SSSR count). The van der Waals surface area contributed by atoms with Gasteiger partial charge < -0.3 is 0 Å². The average Bonchev–Trinajstić information content (AvgIpc) is 3.15. The summed E-state index contributed by atoms with van der Waals surface area (Å²) >= 11 is 0. The van der Waals surface area contributed by atoms with Crippen LogP contribution in [0.25, 0.3) is 11.8 Å². The van der Waals surface area contributed by atoms with Gasteiger partial charge in [-0.2, -0.15) is 4.57 Å². The fourth-order valence-electron chi connectivity index (χ4n) is 7.28. The Balaban J connectivity index is 2.14. The second kappa shape index (κ2) is 13.2. The second-order valence-corrected chi connectivity index (χ2v) is 12.0. The van der Waals surface area contributed by atoms with Crippen LogP contribution in [0.3, 0.4) is 0 Å². The molecule has 1 aliphatic rings. The molecule has 0 atom stereocenters. The van der Waals surface area contributed by atoms with E-state index in [0.717, 1.165) is 16.7 Å². The minimum absolute atomic E-state index is 0.0134. The van der Waals surface area contributed by atoms with E-state index in [1.54, 1.807) is 0 Å². The Bertz CT molecular complexity index is 2200. The third-order valence-electron chi connectivity index (χ3n) is 9.43. The van der Waals surface area contributed by atoms with E-state index in [-0.39, 0.29) is 22.5 Å². The number of nitrogens with zero attached hydrogens (tertiary/aromatic N) is 1. The largest absolute Gasteiger partial charge is 0.207 e. The van der Waals surface area contributed by atoms with Crippen molar-refractivity contribution >= 4 is 34.3 Å². The average molecular weight is 759 g/mol. The molecule has 0 saturated carbocycles. The molecule has 0 saturated heterocycles. The fraction of sp³-hybridized carbons (Fsp3) is 0.0833. The van der Waals surface area contributed by atoms with Crippen LogP contribution in [-0.4, -0.2) is 6.15 Å². The van der Waals surface area contributed by atoms with E-state index in [2.05, 4.69) is 6.58 Å². The number of rotatable bonds is 6. The van der Waals surface area contributed by atoms with Crippen LogP contribution in [0.5, 0.6) is 0 Å². The van der Waals surface area contributed by atoms with Gasteiger partial charge in [-0.15, -0.1) is 21.9 Å². The monoisotopic (exact) mass is 759 g/mol. The molecule has 0 aliphatic carbocycles. The molecule has 4 aromatic carbocycles. The molecule has 0 unspecified atom stereocenters. The summed E-state index contributed by atoms with van der Waals surface area (Å²) in [6.07, 6.45) is -6.45. The van der Waals surface area contributed by atoms with Crippen LogP contribution >= 0.6 is 0 Å². The van der Waals surface area contributed by atoms with Gasteiger partial charge in [-0.1, -0.05) is 37.3 Å². The molecule has 1 nitrogen and oxygen atoms in total. The van der Waals surface area contributed by atoms with Gasteiger partial charge in [0, 0.05) is 25.5 Å². The predicted molar refractivity (Wildman–Crippen MR) is 162 cm³/mol. The molecule has 17 heteroatoms. The number of hydrogen-bond donors (Lipinski definition) is 0. The molecule has 1 aromatic heterocycles. The number of aromatic nitrogens is 1. The lowest BCUT2D eigenvalue weighted by Crippen LogP contribution is -2.75. The van der Waals surface area contributed by atoms with Crippen LogP contribution in [0.1, 0.15) is 28.9 Å². The Morgan fingerprint density at radius 1 is 0.491 bits per heavy atom. The summed E-state index contributed by atoms with van der Waals surface area (Å²) in [6.45, 7) is 4.94. The lowest BCUT2D eigenvalue weighted by atomic mass is 9.11. The van der Waals surface area contributed by atoms with Crippen LogP contribution in [0.2, 0.25) is 0 Å². The number of hydrogen-bond acceptors (Lipinski definition) is 0. The predicted octanol–water partition coefficient (Wildman–Crippen LogP) is 7.93. The van der Waals surface area contributed by atoms with Crippen molar-refractivity contribution in [3.8, 4) is 0 Å². The Labute approximate surface area is 288 Å². The minimum Gasteiger partial charge on any atom is -0.207 e. The Kier molecular flexibility index (Phi) is 9.27. The Morgan fingerprint density at radius 2 is 0.868 bits per heavy atom. The topological polar surface area (TPSA) is 3.88 Å². The maximum Gasteiger partial charge on any atom is 0.200 e. The van der Waals surface area contributed by atoms with Crippen molar-refractivity contribution in [2.75, 3.05) is 0 Å². The van der Waals surface area contributed by atoms with E-state index >= 15 is 52.7 Å². The van der Waals surface area contributed by atoms with Gasteiger partial charge in [0.15, 0.2) is 69.4 Å². The molecule has 2 heterocycles. The van der Waals surface area contributed by atoms with Gasteiger partial charge >= 0.3 is 0 Å². The molecule has 53 heavy (non-hydrogen) atoms. The van der Waals surface area contributed by atoms with Crippen molar-refractivity contribution in [1.82, 2.24) is 0 Å². The third kappa shape index (κ3) is 5.10. The number of benzene rings is 4. The van der Waals surface area contributed by atoms with Crippen molar-refractivity contribution in [2.45, 2.75) is 19.8 Å².